The van der Waals surface area contributed by atoms with E-state index in [1.807, 2.05) is 45.0 Å². The molecule has 0 fully saturated rings. The molecule has 0 aromatic heterocycles. The van der Waals surface area contributed by atoms with Crippen LogP contribution in [-0.2, 0) is 11.2 Å². The van der Waals surface area contributed by atoms with Crippen LogP contribution in [0.25, 0.3) is 0 Å². The van der Waals surface area contributed by atoms with E-state index in [4.69, 9.17) is 9.47 Å². The molecule has 0 aliphatic rings. The van der Waals surface area contributed by atoms with Gasteiger partial charge in [-0.25, -0.2) is 4.79 Å². The molecule has 4 nitrogen and oxygen atoms in total. The average molecular weight is 265 g/mol. The Morgan fingerprint density at radius 3 is 2.68 bits per heavy atom. The van der Waals surface area contributed by atoms with Crippen LogP contribution in [0.5, 0.6) is 5.75 Å². The lowest BCUT2D eigenvalue weighted by molar-refractivity contribution is 0.136. The van der Waals surface area contributed by atoms with Gasteiger partial charge in [-0.1, -0.05) is 12.1 Å². The topological polar surface area (TPSA) is 47.6 Å². The Hall–Kier alpha value is -1.71. The number of rotatable bonds is 5. The van der Waals surface area contributed by atoms with Crippen LogP contribution in [0.3, 0.4) is 0 Å². The van der Waals surface area contributed by atoms with Gasteiger partial charge in [0.15, 0.2) is 0 Å². The molecule has 0 bridgehead atoms. The van der Waals surface area contributed by atoms with Crippen LogP contribution in [0.4, 0.5) is 4.79 Å². The maximum Gasteiger partial charge on any atom is 0.407 e. The molecule has 0 heterocycles. The summed E-state index contributed by atoms with van der Waals surface area (Å²) < 4.78 is 10.3. The molecule has 0 aliphatic carbocycles. The lowest BCUT2D eigenvalue weighted by atomic mass is 10.1. The molecule has 0 saturated heterocycles. The molecule has 1 amide bonds. The zero-order valence-electron chi connectivity index (χ0n) is 12.2. The van der Waals surface area contributed by atoms with Crippen molar-refractivity contribution in [2.45, 2.75) is 39.2 Å². The molecule has 0 radical (unpaired) electrons. The van der Waals surface area contributed by atoms with Crippen LogP contribution < -0.4 is 10.1 Å². The zero-order valence-corrected chi connectivity index (χ0v) is 12.2. The number of ether oxygens (including phenoxy) is 2. The van der Waals surface area contributed by atoms with Crippen molar-refractivity contribution < 1.29 is 14.3 Å². The number of hydrogen-bond donors (Lipinski definition) is 1. The van der Waals surface area contributed by atoms with E-state index in [9.17, 15) is 4.79 Å². The second kappa shape index (κ2) is 7.02. The highest BCUT2D eigenvalue weighted by Gasteiger charge is 2.14. The fourth-order valence-electron chi connectivity index (χ4n) is 1.61. The van der Waals surface area contributed by atoms with Gasteiger partial charge in [-0.2, -0.15) is 0 Å². The number of carbonyl (C=O) groups excluding carboxylic acids is 1. The van der Waals surface area contributed by atoms with Gasteiger partial charge in [-0.05, 0) is 51.3 Å². The zero-order chi connectivity index (χ0) is 14.3. The van der Waals surface area contributed by atoms with Crippen LogP contribution in [0.1, 0.15) is 32.8 Å². The first kappa shape index (κ1) is 15.3. The third-order valence-electron chi connectivity index (χ3n) is 2.45. The van der Waals surface area contributed by atoms with Crippen molar-refractivity contribution in [2.24, 2.45) is 0 Å². The summed E-state index contributed by atoms with van der Waals surface area (Å²) in [5.41, 5.74) is 0.920. The molecular weight excluding hydrogens is 242 g/mol. The SMILES string of the molecule is COc1cccc(CCCOC(=O)NC(C)(C)C)c1. The van der Waals surface area contributed by atoms with Gasteiger partial charge >= 0.3 is 6.09 Å². The third kappa shape index (κ3) is 6.70. The van der Waals surface area contributed by atoms with E-state index in [-0.39, 0.29) is 11.6 Å². The minimum absolute atomic E-state index is 0.260. The van der Waals surface area contributed by atoms with E-state index >= 15 is 0 Å². The lowest BCUT2D eigenvalue weighted by Crippen LogP contribution is -2.41. The fraction of sp³-hybridized carbons (Fsp3) is 0.533. The van der Waals surface area contributed by atoms with Crippen LogP contribution in [0, 0.1) is 0 Å². The third-order valence-corrected chi connectivity index (χ3v) is 2.45. The molecule has 1 aromatic carbocycles. The first-order valence-electron chi connectivity index (χ1n) is 6.48. The van der Waals surface area contributed by atoms with Gasteiger partial charge in [-0.3, -0.25) is 0 Å². The van der Waals surface area contributed by atoms with Crippen molar-refractivity contribution in [3.05, 3.63) is 29.8 Å². The molecule has 1 rings (SSSR count). The Labute approximate surface area is 115 Å². The smallest absolute Gasteiger partial charge is 0.407 e. The second-order valence-corrected chi connectivity index (χ2v) is 5.47. The second-order valence-electron chi connectivity index (χ2n) is 5.47. The van der Waals surface area contributed by atoms with Crippen molar-refractivity contribution in [1.29, 1.82) is 0 Å². The average Bonchev–Trinajstić information content (AvgIpc) is 2.33. The molecule has 0 atom stereocenters. The number of methoxy groups -OCH3 is 1. The van der Waals surface area contributed by atoms with Gasteiger partial charge < -0.3 is 14.8 Å². The van der Waals surface area contributed by atoms with Gasteiger partial charge in [0.25, 0.3) is 0 Å². The standard InChI is InChI=1S/C15H23NO3/c1-15(2,3)16-14(17)19-10-6-8-12-7-5-9-13(11-12)18-4/h5,7,9,11H,6,8,10H2,1-4H3,(H,16,17). The molecule has 19 heavy (non-hydrogen) atoms. The summed E-state index contributed by atoms with van der Waals surface area (Å²) in [6, 6.07) is 7.91. The first-order chi connectivity index (χ1) is 8.90. The van der Waals surface area contributed by atoms with Crippen LogP contribution >= 0.6 is 0 Å². The molecule has 106 valence electrons. The Morgan fingerprint density at radius 1 is 1.32 bits per heavy atom. The minimum Gasteiger partial charge on any atom is -0.497 e. The van der Waals surface area contributed by atoms with Crippen LogP contribution in [0.2, 0.25) is 0 Å². The highest BCUT2D eigenvalue weighted by atomic mass is 16.5. The Morgan fingerprint density at radius 2 is 2.05 bits per heavy atom. The van der Waals surface area contributed by atoms with Gasteiger partial charge in [-0.15, -0.1) is 0 Å². The summed E-state index contributed by atoms with van der Waals surface area (Å²) in [5, 5.41) is 2.75. The largest absolute Gasteiger partial charge is 0.497 e. The maximum absolute atomic E-state index is 11.4. The number of aryl methyl sites for hydroxylation is 1. The lowest BCUT2D eigenvalue weighted by Gasteiger charge is -2.19. The number of amides is 1. The number of carbonyl (C=O) groups is 1. The Bertz CT molecular complexity index is 410. The van der Waals surface area contributed by atoms with Crippen molar-refractivity contribution in [3.63, 3.8) is 0 Å². The summed E-state index contributed by atoms with van der Waals surface area (Å²) >= 11 is 0. The summed E-state index contributed by atoms with van der Waals surface area (Å²) in [4.78, 5) is 11.4. The fourth-order valence-corrected chi connectivity index (χ4v) is 1.61. The normalized spacial score (nSPS) is 10.9. The first-order valence-corrected chi connectivity index (χ1v) is 6.48. The number of hydrogen-bond acceptors (Lipinski definition) is 3. The number of benzene rings is 1. The molecule has 1 N–H and O–H groups in total. The number of nitrogens with one attached hydrogen (secondary N) is 1. The van der Waals surface area contributed by atoms with Gasteiger partial charge in [0, 0.05) is 5.54 Å². The van der Waals surface area contributed by atoms with Crippen molar-refractivity contribution in [3.8, 4) is 5.75 Å². The predicted molar refractivity (Wildman–Crippen MR) is 75.6 cm³/mol. The van der Waals surface area contributed by atoms with Crippen molar-refractivity contribution in [2.75, 3.05) is 13.7 Å². The Balaban J connectivity index is 2.25. The summed E-state index contributed by atoms with van der Waals surface area (Å²) in [6.07, 6.45) is 1.29. The summed E-state index contributed by atoms with van der Waals surface area (Å²) in [7, 11) is 1.65. The molecule has 1 aromatic rings. The summed E-state index contributed by atoms with van der Waals surface area (Å²) in [6.45, 7) is 6.18. The van der Waals surface area contributed by atoms with Crippen LogP contribution in [-0.4, -0.2) is 25.3 Å². The van der Waals surface area contributed by atoms with Gasteiger partial charge in [0.1, 0.15) is 5.75 Å². The highest BCUT2D eigenvalue weighted by molar-refractivity contribution is 5.67. The monoisotopic (exact) mass is 265 g/mol. The van der Waals surface area contributed by atoms with Crippen molar-refractivity contribution >= 4 is 6.09 Å². The van der Waals surface area contributed by atoms with Crippen molar-refractivity contribution in [1.82, 2.24) is 5.32 Å². The molecule has 0 unspecified atom stereocenters. The van der Waals surface area contributed by atoms with E-state index < -0.39 is 0 Å². The van der Waals surface area contributed by atoms with E-state index in [1.54, 1.807) is 7.11 Å². The van der Waals surface area contributed by atoms with Crippen LogP contribution in [0.15, 0.2) is 24.3 Å². The van der Waals surface area contributed by atoms with E-state index in [1.165, 1.54) is 5.56 Å². The Kier molecular flexibility index (Phi) is 5.67. The number of alkyl carbamates (subject to hydrolysis) is 1. The summed E-state index contributed by atoms with van der Waals surface area (Å²) in [5.74, 6) is 0.851. The van der Waals surface area contributed by atoms with E-state index in [0.717, 1.165) is 18.6 Å². The molecular formula is C15H23NO3. The maximum atomic E-state index is 11.4. The quantitative estimate of drug-likeness (QED) is 0.832. The molecule has 0 saturated carbocycles. The molecule has 0 spiro atoms. The predicted octanol–water partition coefficient (Wildman–Crippen LogP) is 3.15. The minimum atomic E-state index is -0.363. The van der Waals surface area contributed by atoms with E-state index in [2.05, 4.69) is 5.32 Å². The van der Waals surface area contributed by atoms with Gasteiger partial charge in [0.2, 0.25) is 0 Å². The van der Waals surface area contributed by atoms with E-state index in [0.29, 0.717) is 6.61 Å². The highest BCUT2D eigenvalue weighted by Crippen LogP contribution is 2.13. The molecule has 4 heteroatoms. The molecule has 0 aliphatic heterocycles. The van der Waals surface area contributed by atoms with Gasteiger partial charge in [0.05, 0.1) is 13.7 Å².